The normalized spacial score (nSPS) is 10.9. The van der Waals surface area contributed by atoms with E-state index in [1.807, 2.05) is 0 Å². The van der Waals surface area contributed by atoms with Crippen LogP contribution in [0.15, 0.2) is 0 Å². The van der Waals surface area contributed by atoms with Crippen molar-refractivity contribution in [2.45, 2.75) is 46.5 Å². The fourth-order valence-electron chi connectivity index (χ4n) is 1.59. The minimum atomic E-state index is -0.697. The molecule has 0 aromatic rings. The Bertz CT molecular complexity index is 330. The highest BCUT2D eigenvalue weighted by Gasteiger charge is 2.20. The molecule has 0 aromatic carbocycles. The zero-order valence-electron chi connectivity index (χ0n) is 12.0. The molecule has 0 aliphatic carbocycles. The lowest BCUT2D eigenvalue weighted by Crippen LogP contribution is -2.45. The van der Waals surface area contributed by atoms with Crippen molar-refractivity contribution in [3.63, 3.8) is 0 Å². The largest absolute Gasteiger partial charge is 0.392 e. The first-order chi connectivity index (χ1) is 8.78. The number of nitrogens with one attached hydrogen (secondary N) is 2. The van der Waals surface area contributed by atoms with Gasteiger partial charge in [-0.1, -0.05) is 52.3 Å². The minimum Gasteiger partial charge on any atom is -0.392 e. The molecule has 6 heteroatoms. The highest BCUT2D eigenvalue weighted by Crippen LogP contribution is 2.22. The van der Waals surface area contributed by atoms with Crippen molar-refractivity contribution in [2.75, 3.05) is 13.1 Å². The van der Waals surface area contributed by atoms with Gasteiger partial charge < -0.3 is 16.4 Å². The Morgan fingerprint density at radius 3 is 2.26 bits per heavy atom. The number of hydrogen-bond donors (Lipinski definition) is 3. The number of carbonyl (C=O) groups excluding carboxylic acids is 2. The summed E-state index contributed by atoms with van der Waals surface area (Å²) in [6, 6.07) is 0. The average molecular weight is 287 g/mol. The van der Waals surface area contributed by atoms with Crippen LogP contribution >= 0.6 is 12.2 Å². The summed E-state index contributed by atoms with van der Waals surface area (Å²) in [4.78, 5) is 23.1. The second kappa shape index (κ2) is 8.85. The van der Waals surface area contributed by atoms with E-state index in [1.165, 1.54) is 12.8 Å². The lowest BCUT2D eigenvalue weighted by Gasteiger charge is -2.24. The van der Waals surface area contributed by atoms with Crippen LogP contribution in [-0.4, -0.2) is 29.9 Å². The first-order valence-electron chi connectivity index (χ1n) is 6.63. The van der Waals surface area contributed by atoms with Gasteiger partial charge in [-0.15, -0.1) is 0 Å². The molecule has 0 atom stereocenters. The second-order valence-corrected chi connectivity index (χ2v) is 5.98. The third-order valence-electron chi connectivity index (χ3n) is 2.81. The molecule has 0 bridgehead atoms. The Hall–Kier alpha value is -1.17. The van der Waals surface area contributed by atoms with Crippen molar-refractivity contribution < 1.29 is 9.59 Å². The first-order valence-corrected chi connectivity index (χ1v) is 7.03. The summed E-state index contributed by atoms with van der Waals surface area (Å²) in [6.45, 7) is 6.84. The predicted octanol–water partition coefficient (Wildman–Crippen LogP) is 1.11. The van der Waals surface area contributed by atoms with Crippen LogP contribution in [0.2, 0.25) is 0 Å². The van der Waals surface area contributed by atoms with Crippen molar-refractivity contribution in [3.05, 3.63) is 0 Å². The molecule has 0 aromatic heterocycles. The van der Waals surface area contributed by atoms with E-state index in [2.05, 4.69) is 43.6 Å². The summed E-state index contributed by atoms with van der Waals surface area (Å²) >= 11 is 4.61. The van der Waals surface area contributed by atoms with Gasteiger partial charge in [0.1, 0.15) is 0 Å². The van der Waals surface area contributed by atoms with Gasteiger partial charge >= 0.3 is 11.8 Å². The van der Waals surface area contributed by atoms with Crippen LogP contribution in [0.4, 0.5) is 0 Å². The van der Waals surface area contributed by atoms with Gasteiger partial charge in [0.25, 0.3) is 0 Å². The van der Waals surface area contributed by atoms with E-state index in [0.29, 0.717) is 6.54 Å². The molecule has 0 aliphatic heterocycles. The highest BCUT2D eigenvalue weighted by molar-refractivity contribution is 7.80. The number of rotatable bonds is 8. The molecule has 0 aliphatic rings. The Morgan fingerprint density at radius 2 is 1.74 bits per heavy atom. The zero-order valence-corrected chi connectivity index (χ0v) is 12.9. The van der Waals surface area contributed by atoms with E-state index in [1.54, 1.807) is 0 Å². The van der Waals surface area contributed by atoms with Gasteiger partial charge in [-0.05, 0) is 11.8 Å². The smallest absolute Gasteiger partial charge is 0.309 e. The standard InChI is InChI=1S/C13H25N3O2S/c1-4-5-6-7-13(2,3)9-16-12(18)11(17)15-8-10(14)19/h4-9H2,1-3H3,(H2,14,19)(H,15,17)(H,16,18). The summed E-state index contributed by atoms with van der Waals surface area (Å²) < 4.78 is 0. The topological polar surface area (TPSA) is 84.2 Å². The van der Waals surface area contributed by atoms with Gasteiger partial charge in [-0.3, -0.25) is 9.59 Å². The fourth-order valence-corrected chi connectivity index (χ4v) is 1.66. The van der Waals surface area contributed by atoms with Crippen LogP contribution in [0, 0.1) is 5.41 Å². The van der Waals surface area contributed by atoms with E-state index in [4.69, 9.17) is 5.73 Å². The molecule has 0 saturated heterocycles. The van der Waals surface area contributed by atoms with Gasteiger partial charge in [-0.2, -0.15) is 0 Å². The lowest BCUT2D eigenvalue weighted by atomic mass is 9.87. The summed E-state index contributed by atoms with van der Waals surface area (Å²) in [5.74, 6) is -1.34. The number of nitrogens with two attached hydrogens (primary N) is 1. The fraction of sp³-hybridized carbons (Fsp3) is 0.769. The minimum absolute atomic E-state index is 0.00568. The van der Waals surface area contributed by atoms with Crippen LogP contribution in [0.1, 0.15) is 46.5 Å². The molecule has 110 valence electrons. The Labute approximate surface area is 120 Å². The molecule has 0 spiro atoms. The van der Waals surface area contributed by atoms with E-state index in [-0.39, 0.29) is 16.9 Å². The molecule has 19 heavy (non-hydrogen) atoms. The number of carbonyl (C=O) groups is 2. The van der Waals surface area contributed by atoms with E-state index in [0.717, 1.165) is 12.8 Å². The maximum atomic E-state index is 11.5. The summed E-state index contributed by atoms with van der Waals surface area (Å²) in [7, 11) is 0. The molecule has 0 fully saturated rings. The van der Waals surface area contributed by atoms with Crippen LogP contribution in [-0.2, 0) is 9.59 Å². The quantitative estimate of drug-likeness (QED) is 0.355. The molecule has 0 rings (SSSR count). The van der Waals surface area contributed by atoms with Crippen molar-refractivity contribution in [3.8, 4) is 0 Å². The van der Waals surface area contributed by atoms with Gasteiger partial charge in [-0.25, -0.2) is 0 Å². The maximum Gasteiger partial charge on any atom is 0.309 e. The molecule has 5 nitrogen and oxygen atoms in total. The molecular formula is C13H25N3O2S. The van der Waals surface area contributed by atoms with E-state index in [9.17, 15) is 9.59 Å². The molecule has 4 N–H and O–H groups in total. The van der Waals surface area contributed by atoms with Crippen molar-refractivity contribution in [1.82, 2.24) is 10.6 Å². The van der Waals surface area contributed by atoms with Gasteiger partial charge in [0, 0.05) is 6.54 Å². The monoisotopic (exact) mass is 287 g/mol. The molecule has 0 unspecified atom stereocenters. The number of thiocarbonyl (C=S) groups is 1. The van der Waals surface area contributed by atoms with Crippen molar-refractivity contribution >= 4 is 29.0 Å². The van der Waals surface area contributed by atoms with Gasteiger partial charge in [0.2, 0.25) is 0 Å². The average Bonchev–Trinajstić information content (AvgIpc) is 2.33. The summed E-state index contributed by atoms with van der Waals surface area (Å²) in [5.41, 5.74) is 5.23. The number of unbranched alkanes of at least 4 members (excludes halogenated alkanes) is 2. The molecule has 0 radical (unpaired) electrons. The summed E-state index contributed by atoms with van der Waals surface area (Å²) in [5, 5.41) is 4.99. The van der Waals surface area contributed by atoms with E-state index < -0.39 is 11.8 Å². The Morgan fingerprint density at radius 1 is 1.16 bits per heavy atom. The third-order valence-corrected chi connectivity index (χ3v) is 2.96. The van der Waals surface area contributed by atoms with Crippen molar-refractivity contribution in [1.29, 1.82) is 0 Å². The van der Waals surface area contributed by atoms with Crippen LogP contribution in [0.3, 0.4) is 0 Å². The first kappa shape index (κ1) is 17.8. The second-order valence-electron chi connectivity index (χ2n) is 5.45. The Kier molecular flexibility index (Phi) is 8.30. The maximum absolute atomic E-state index is 11.5. The number of hydrogen-bond acceptors (Lipinski definition) is 3. The van der Waals surface area contributed by atoms with Crippen molar-refractivity contribution in [2.24, 2.45) is 11.1 Å². The molecular weight excluding hydrogens is 262 g/mol. The molecule has 2 amide bonds. The van der Waals surface area contributed by atoms with Crippen LogP contribution in [0.5, 0.6) is 0 Å². The number of amides is 2. The van der Waals surface area contributed by atoms with Gasteiger partial charge in [0.15, 0.2) is 0 Å². The van der Waals surface area contributed by atoms with E-state index >= 15 is 0 Å². The molecule has 0 saturated carbocycles. The van der Waals surface area contributed by atoms with Gasteiger partial charge in [0.05, 0.1) is 11.5 Å². The predicted molar refractivity (Wildman–Crippen MR) is 80.7 cm³/mol. The van der Waals surface area contributed by atoms with Crippen LogP contribution < -0.4 is 16.4 Å². The third kappa shape index (κ3) is 9.41. The zero-order chi connectivity index (χ0) is 14.9. The lowest BCUT2D eigenvalue weighted by molar-refractivity contribution is -0.139. The summed E-state index contributed by atoms with van der Waals surface area (Å²) in [6.07, 6.45) is 4.51. The highest BCUT2D eigenvalue weighted by atomic mass is 32.1. The molecule has 0 heterocycles. The van der Waals surface area contributed by atoms with Crippen LogP contribution in [0.25, 0.3) is 0 Å². The SMILES string of the molecule is CCCCCC(C)(C)CNC(=O)C(=O)NCC(N)=S. The Balaban J connectivity index is 3.99.